The van der Waals surface area contributed by atoms with Crippen LogP contribution < -0.4 is 24.8 Å². The third-order valence-corrected chi connectivity index (χ3v) is 3.21. The van der Waals surface area contributed by atoms with E-state index in [-0.39, 0.29) is 51.0 Å². The van der Waals surface area contributed by atoms with Gasteiger partial charge in [-0.3, -0.25) is 0 Å². The monoisotopic (exact) mass is 381 g/mol. The van der Waals surface area contributed by atoms with Gasteiger partial charge >= 0.3 is 26.2 Å². The fourth-order valence-electron chi connectivity index (χ4n) is 1.50. The molecule has 2 aromatic carbocycles. The summed E-state index contributed by atoms with van der Waals surface area (Å²) in [6, 6.07) is 8.74. The number of hydrogen-bond acceptors (Lipinski definition) is 0. The van der Waals surface area contributed by atoms with E-state index in [1.54, 1.807) is 0 Å². The molecule has 0 fully saturated rings. The number of hydrogen-bond donors (Lipinski definition) is 0. The van der Waals surface area contributed by atoms with Crippen LogP contribution in [-0.2, 0) is 26.2 Å². The van der Waals surface area contributed by atoms with E-state index in [1.165, 1.54) is 26.4 Å². The summed E-state index contributed by atoms with van der Waals surface area (Å²) in [5, 5.41) is 2.65. The minimum atomic E-state index is 0. The Balaban J connectivity index is 0. The molecule has 0 aliphatic rings. The van der Waals surface area contributed by atoms with Crippen LogP contribution in [-0.4, -0.2) is 0 Å². The Morgan fingerprint density at radius 3 is 2.33 bits per heavy atom. The predicted octanol–water partition coefficient (Wildman–Crippen LogP) is -2.06. The van der Waals surface area contributed by atoms with Crippen molar-refractivity contribution in [2.45, 2.75) is 13.8 Å². The van der Waals surface area contributed by atoms with Gasteiger partial charge in [0.2, 0.25) is 0 Å². The van der Waals surface area contributed by atoms with Crippen molar-refractivity contribution in [1.82, 2.24) is 0 Å². The molecule has 0 bridgehead atoms. The van der Waals surface area contributed by atoms with Crippen LogP contribution in [0.5, 0.6) is 0 Å². The first-order valence-corrected chi connectivity index (χ1v) is 4.80. The topological polar surface area (TPSA) is 0 Å². The standard InChI is InChI=1S/C11H10Br.2ClH.Zr/c1-7-5-9-4-3-8(2)11(12)10(9)6-7;;;/h3-6H,1-2H3;2*1H;/q-1;;;+3/p-2. The minimum Gasteiger partial charge on any atom is -1.00 e. The van der Waals surface area contributed by atoms with Gasteiger partial charge in [0.05, 0.1) is 0 Å². The van der Waals surface area contributed by atoms with Crippen molar-refractivity contribution in [3.8, 4) is 0 Å². The maximum Gasteiger partial charge on any atom is 3.00 e. The zero-order valence-corrected chi connectivity index (χ0v) is 14.0. The van der Waals surface area contributed by atoms with Gasteiger partial charge in [-0.2, -0.15) is 6.07 Å². The molecule has 0 amide bonds. The molecular weight excluding hydrogens is 374 g/mol. The summed E-state index contributed by atoms with van der Waals surface area (Å²) >= 11 is 3.59. The number of benzene rings is 1. The Morgan fingerprint density at radius 1 is 1.13 bits per heavy atom. The van der Waals surface area contributed by atoms with E-state index in [9.17, 15) is 0 Å². The van der Waals surface area contributed by atoms with Crippen molar-refractivity contribution in [2.75, 3.05) is 0 Å². The first kappa shape index (κ1) is 18.1. The third kappa shape index (κ3) is 3.63. The number of halogens is 3. The molecule has 0 saturated heterocycles. The number of aryl methyl sites for hydroxylation is 2. The second-order valence-electron chi connectivity index (χ2n) is 3.23. The molecule has 79 valence electrons. The Labute approximate surface area is 130 Å². The zero-order chi connectivity index (χ0) is 8.72. The molecule has 0 aliphatic carbocycles. The van der Waals surface area contributed by atoms with Crippen LogP contribution in [0.4, 0.5) is 0 Å². The molecular formula is C11H10BrCl2Zr. The average Bonchev–Trinajstić information content (AvgIpc) is 2.39. The van der Waals surface area contributed by atoms with E-state index >= 15 is 0 Å². The van der Waals surface area contributed by atoms with Crippen molar-refractivity contribution in [2.24, 2.45) is 0 Å². The summed E-state index contributed by atoms with van der Waals surface area (Å²) in [5.74, 6) is 0. The summed E-state index contributed by atoms with van der Waals surface area (Å²) in [5.41, 5.74) is 2.63. The Bertz CT molecular complexity index is 437. The van der Waals surface area contributed by atoms with Gasteiger partial charge in [0, 0.05) is 0 Å². The molecule has 0 nitrogen and oxygen atoms in total. The van der Waals surface area contributed by atoms with Crippen molar-refractivity contribution < 1.29 is 51.0 Å². The molecule has 0 heterocycles. The van der Waals surface area contributed by atoms with Gasteiger partial charge in [0.1, 0.15) is 0 Å². The first-order valence-electron chi connectivity index (χ1n) is 4.00. The Morgan fingerprint density at radius 2 is 1.73 bits per heavy atom. The fourth-order valence-corrected chi connectivity index (χ4v) is 1.98. The van der Waals surface area contributed by atoms with E-state index in [0.29, 0.717) is 0 Å². The van der Waals surface area contributed by atoms with Crippen LogP contribution >= 0.6 is 15.9 Å². The largest absolute Gasteiger partial charge is 3.00 e. The van der Waals surface area contributed by atoms with Crippen LogP contribution in [0.2, 0.25) is 0 Å². The smallest absolute Gasteiger partial charge is 1.00 e. The van der Waals surface area contributed by atoms with Crippen molar-refractivity contribution in [1.29, 1.82) is 0 Å². The van der Waals surface area contributed by atoms with Gasteiger partial charge in [-0.1, -0.05) is 28.4 Å². The van der Waals surface area contributed by atoms with Crippen LogP contribution in [0.3, 0.4) is 0 Å². The second-order valence-corrected chi connectivity index (χ2v) is 4.03. The van der Waals surface area contributed by atoms with Crippen LogP contribution in [0, 0.1) is 13.8 Å². The number of fused-ring (bicyclic) bond motifs is 1. The molecule has 4 heteroatoms. The summed E-state index contributed by atoms with van der Waals surface area (Å²) in [6.07, 6.45) is 0. The van der Waals surface area contributed by atoms with Gasteiger partial charge in [-0.25, -0.2) is 0 Å². The summed E-state index contributed by atoms with van der Waals surface area (Å²) in [6.45, 7) is 4.24. The molecule has 2 rings (SSSR count). The summed E-state index contributed by atoms with van der Waals surface area (Å²) < 4.78 is 1.23. The van der Waals surface area contributed by atoms with Gasteiger partial charge in [-0.15, -0.1) is 34.5 Å². The molecule has 15 heavy (non-hydrogen) atoms. The number of rotatable bonds is 0. The van der Waals surface area contributed by atoms with Crippen molar-refractivity contribution in [3.63, 3.8) is 0 Å². The van der Waals surface area contributed by atoms with Gasteiger partial charge in [0.25, 0.3) is 0 Å². The van der Waals surface area contributed by atoms with E-state index < -0.39 is 0 Å². The minimum absolute atomic E-state index is 0. The van der Waals surface area contributed by atoms with Gasteiger partial charge in [0.15, 0.2) is 0 Å². The van der Waals surface area contributed by atoms with Gasteiger partial charge < -0.3 is 24.8 Å². The van der Waals surface area contributed by atoms with Crippen LogP contribution in [0.25, 0.3) is 10.8 Å². The molecule has 0 unspecified atom stereocenters. The fraction of sp³-hybridized carbons (Fsp3) is 0.182. The SMILES string of the molecule is Cc1cc2c(Br)c(C)ccc2[cH-]1.[Cl-].[Cl-].[Zr+3]. The molecule has 0 atom stereocenters. The predicted molar refractivity (Wildman–Crippen MR) is 56.7 cm³/mol. The van der Waals surface area contributed by atoms with Crippen LogP contribution in [0.1, 0.15) is 11.1 Å². The Kier molecular flexibility index (Phi) is 8.67. The maximum atomic E-state index is 3.59. The maximum absolute atomic E-state index is 3.59. The molecule has 0 spiro atoms. The van der Waals surface area contributed by atoms with E-state index in [0.717, 1.165) is 0 Å². The molecule has 0 N–H and O–H groups in total. The third-order valence-electron chi connectivity index (χ3n) is 2.16. The summed E-state index contributed by atoms with van der Waals surface area (Å²) in [4.78, 5) is 0. The molecule has 0 saturated carbocycles. The van der Waals surface area contributed by atoms with E-state index in [4.69, 9.17) is 0 Å². The second kappa shape index (κ2) is 7.17. The normalized spacial score (nSPS) is 8.73. The van der Waals surface area contributed by atoms with E-state index in [2.05, 4.69) is 54.0 Å². The molecule has 0 aliphatic heterocycles. The summed E-state index contributed by atoms with van der Waals surface area (Å²) in [7, 11) is 0. The molecule has 0 aromatic heterocycles. The van der Waals surface area contributed by atoms with Crippen molar-refractivity contribution in [3.05, 3.63) is 39.9 Å². The van der Waals surface area contributed by atoms with Gasteiger partial charge in [-0.05, 0) is 11.4 Å². The quantitative estimate of drug-likeness (QED) is 0.459. The van der Waals surface area contributed by atoms with Crippen LogP contribution in [0.15, 0.2) is 28.7 Å². The first-order chi connectivity index (χ1) is 5.68. The molecule has 1 radical (unpaired) electrons. The average molecular weight is 384 g/mol. The van der Waals surface area contributed by atoms with Crippen molar-refractivity contribution >= 4 is 26.7 Å². The van der Waals surface area contributed by atoms with E-state index in [1.807, 2.05) is 0 Å². The molecule has 2 aromatic rings. The zero-order valence-electron chi connectivity index (χ0n) is 8.44. The Hall–Kier alpha value is 0.773.